The molecule has 0 saturated carbocycles. The maximum absolute atomic E-state index is 13.1. The Bertz CT molecular complexity index is 1310. The predicted molar refractivity (Wildman–Crippen MR) is 107 cm³/mol. The number of nitriles is 2. The van der Waals surface area contributed by atoms with E-state index in [2.05, 4.69) is 4.74 Å². The Hall–Kier alpha value is -3.95. The van der Waals surface area contributed by atoms with Gasteiger partial charge in [0.1, 0.15) is 28.3 Å². The Morgan fingerprint density at radius 3 is 2.40 bits per heavy atom. The Balaban J connectivity index is 2.26. The third kappa shape index (κ3) is 4.22. The molecular formula is C21H13F2N3O3S. The topological polar surface area (TPSA) is 88.0 Å². The normalized spacial score (nSPS) is 11.1. The summed E-state index contributed by atoms with van der Waals surface area (Å²) in [6.07, 6.45) is 1.54. The van der Waals surface area contributed by atoms with E-state index in [0.29, 0.717) is 17.0 Å². The zero-order valence-corrected chi connectivity index (χ0v) is 16.3. The second-order valence-corrected chi connectivity index (χ2v) is 6.81. The maximum Gasteiger partial charge on any atom is 0.387 e. The van der Waals surface area contributed by atoms with Gasteiger partial charge in [0.25, 0.3) is 5.56 Å². The molecule has 0 saturated heterocycles. The number of halogens is 2. The molecule has 9 heteroatoms. The summed E-state index contributed by atoms with van der Waals surface area (Å²) in [5.74, 6) is 0.388. The molecule has 0 radical (unpaired) electrons. The van der Waals surface area contributed by atoms with Crippen molar-refractivity contribution in [3.8, 4) is 29.3 Å². The van der Waals surface area contributed by atoms with Crippen molar-refractivity contribution in [3.63, 3.8) is 0 Å². The second kappa shape index (κ2) is 9.03. The largest absolute Gasteiger partial charge is 0.495 e. The molecule has 3 rings (SSSR count). The molecule has 0 N–H and O–H groups in total. The molecule has 0 fully saturated rings. The highest BCUT2D eigenvalue weighted by atomic mass is 32.1. The van der Waals surface area contributed by atoms with Gasteiger partial charge in [-0.1, -0.05) is 24.3 Å². The lowest BCUT2D eigenvalue weighted by Crippen LogP contribution is -2.31. The van der Waals surface area contributed by atoms with E-state index in [9.17, 15) is 24.1 Å². The fraction of sp³-hybridized carbons (Fsp3) is 0.0952. The number of para-hydroxylation sites is 2. The van der Waals surface area contributed by atoms with Crippen LogP contribution < -0.4 is 24.2 Å². The van der Waals surface area contributed by atoms with E-state index in [1.165, 1.54) is 35.9 Å². The number of aromatic nitrogens is 1. The number of nitrogens with zero attached hydrogens (tertiary/aromatic N) is 3. The molecule has 0 unspecified atom stereocenters. The molecule has 1 heterocycles. The van der Waals surface area contributed by atoms with Crippen LogP contribution in [0, 0.1) is 22.7 Å². The van der Waals surface area contributed by atoms with E-state index in [1.54, 1.807) is 30.3 Å². The fourth-order valence-electron chi connectivity index (χ4n) is 2.70. The molecule has 3 aromatic rings. The van der Waals surface area contributed by atoms with Crippen molar-refractivity contribution in [2.45, 2.75) is 6.61 Å². The third-order valence-corrected chi connectivity index (χ3v) is 5.08. The minimum absolute atomic E-state index is 0.00923. The summed E-state index contributed by atoms with van der Waals surface area (Å²) in [6.45, 7) is -2.93. The molecule has 0 aliphatic heterocycles. The Morgan fingerprint density at radius 1 is 1.13 bits per heavy atom. The van der Waals surface area contributed by atoms with Gasteiger partial charge in [0.05, 0.1) is 17.3 Å². The van der Waals surface area contributed by atoms with Crippen molar-refractivity contribution >= 4 is 23.0 Å². The number of hydrogen-bond acceptors (Lipinski definition) is 6. The molecule has 0 aliphatic carbocycles. The SMILES string of the molecule is COc1ccccc1-n1c(=C(C#N)C#N)s/c(=C/c2ccc(OC(F)F)cc2)c1=O. The number of ether oxygens (including phenoxy) is 2. The zero-order chi connectivity index (χ0) is 21.7. The van der Waals surface area contributed by atoms with Gasteiger partial charge < -0.3 is 9.47 Å². The van der Waals surface area contributed by atoms with Crippen molar-refractivity contribution in [2.75, 3.05) is 7.11 Å². The first-order valence-electron chi connectivity index (χ1n) is 8.45. The molecule has 6 nitrogen and oxygen atoms in total. The molecule has 0 spiro atoms. The summed E-state index contributed by atoms with van der Waals surface area (Å²) in [5.41, 5.74) is 0.280. The lowest BCUT2D eigenvalue weighted by Gasteiger charge is -2.08. The van der Waals surface area contributed by atoms with E-state index >= 15 is 0 Å². The summed E-state index contributed by atoms with van der Waals surface area (Å²) in [4.78, 5) is 13.1. The van der Waals surface area contributed by atoms with Gasteiger partial charge >= 0.3 is 6.61 Å². The van der Waals surface area contributed by atoms with Crippen molar-refractivity contribution in [1.82, 2.24) is 4.57 Å². The Morgan fingerprint density at radius 2 is 1.80 bits per heavy atom. The van der Waals surface area contributed by atoms with Crippen molar-refractivity contribution in [2.24, 2.45) is 0 Å². The van der Waals surface area contributed by atoms with Crippen LogP contribution in [0.5, 0.6) is 11.5 Å². The first-order valence-corrected chi connectivity index (χ1v) is 9.26. The summed E-state index contributed by atoms with van der Waals surface area (Å²) in [7, 11) is 1.45. The Labute approximate surface area is 173 Å². The maximum atomic E-state index is 13.1. The summed E-state index contributed by atoms with van der Waals surface area (Å²) < 4.78 is 35.9. The first kappa shape index (κ1) is 20.8. The highest BCUT2D eigenvalue weighted by Gasteiger charge is 2.14. The van der Waals surface area contributed by atoms with Crippen LogP contribution in [0.15, 0.2) is 53.3 Å². The van der Waals surface area contributed by atoms with Crippen LogP contribution in [-0.2, 0) is 0 Å². The Kier molecular flexibility index (Phi) is 6.26. The number of alkyl halides is 2. The van der Waals surface area contributed by atoms with Crippen LogP contribution in [-0.4, -0.2) is 18.3 Å². The fourth-order valence-corrected chi connectivity index (χ4v) is 3.75. The molecule has 0 aliphatic rings. The minimum atomic E-state index is -2.93. The molecule has 30 heavy (non-hydrogen) atoms. The number of hydrogen-bond donors (Lipinski definition) is 0. The molecular weight excluding hydrogens is 412 g/mol. The quantitative estimate of drug-likeness (QED) is 0.627. The zero-order valence-electron chi connectivity index (χ0n) is 15.5. The van der Waals surface area contributed by atoms with Crippen LogP contribution in [0.25, 0.3) is 17.3 Å². The van der Waals surface area contributed by atoms with Gasteiger partial charge in [-0.25, -0.2) is 0 Å². The first-order chi connectivity index (χ1) is 14.5. The van der Waals surface area contributed by atoms with Gasteiger partial charge in [0, 0.05) is 0 Å². The van der Waals surface area contributed by atoms with Gasteiger partial charge in [-0.15, -0.1) is 11.3 Å². The number of rotatable bonds is 5. The molecule has 2 aromatic carbocycles. The smallest absolute Gasteiger partial charge is 0.387 e. The summed E-state index contributed by atoms with van der Waals surface area (Å²) in [6, 6.07) is 16.1. The lowest BCUT2D eigenvalue weighted by atomic mass is 10.2. The monoisotopic (exact) mass is 425 g/mol. The standard InChI is InChI=1S/C21H13F2N3O3S/c1-28-17-5-3-2-4-16(17)26-19(27)18(30-20(26)14(11-24)12-25)10-13-6-8-15(9-7-13)29-21(22)23/h2-10,21H,1H3/b18-10+. The molecule has 0 bridgehead atoms. The minimum Gasteiger partial charge on any atom is -0.495 e. The third-order valence-electron chi connectivity index (χ3n) is 3.99. The predicted octanol–water partition coefficient (Wildman–Crippen LogP) is 2.54. The summed E-state index contributed by atoms with van der Waals surface area (Å²) >= 11 is 0.973. The molecule has 150 valence electrons. The van der Waals surface area contributed by atoms with Crippen molar-refractivity contribution in [1.29, 1.82) is 10.5 Å². The van der Waals surface area contributed by atoms with Crippen LogP contribution in [0.2, 0.25) is 0 Å². The van der Waals surface area contributed by atoms with E-state index in [4.69, 9.17) is 4.74 Å². The molecule has 1 aromatic heterocycles. The summed E-state index contributed by atoms with van der Waals surface area (Å²) in [5, 5.41) is 18.7. The second-order valence-electron chi connectivity index (χ2n) is 5.77. The van der Waals surface area contributed by atoms with Crippen LogP contribution in [0.3, 0.4) is 0 Å². The van der Waals surface area contributed by atoms with Gasteiger partial charge in [0.15, 0.2) is 5.57 Å². The van der Waals surface area contributed by atoms with E-state index in [-0.39, 0.29) is 20.5 Å². The van der Waals surface area contributed by atoms with Crippen LogP contribution >= 0.6 is 11.3 Å². The molecule has 0 amide bonds. The number of thiazole rings is 1. The highest BCUT2D eigenvalue weighted by Crippen LogP contribution is 2.20. The van der Waals surface area contributed by atoms with E-state index in [0.717, 1.165) is 11.3 Å². The average molecular weight is 425 g/mol. The average Bonchev–Trinajstić information content (AvgIpc) is 3.05. The van der Waals surface area contributed by atoms with E-state index in [1.807, 2.05) is 12.1 Å². The van der Waals surface area contributed by atoms with Crippen molar-refractivity contribution < 1.29 is 18.3 Å². The van der Waals surface area contributed by atoms with Gasteiger partial charge in [0.2, 0.25) is 0 Å². The van der Waals surface area contributed by atoms with Gasteiger partial charge in [-0.05, 0) is 35.9 Å². The van der Waals surface area contributed by atoms with E-state index < -0.39 is 12.2 Å². The van der Waals surface area contributed by atoms with Crippen LogP contribution in [0.1, 0.15) is 5.56 Å². The highest BCUT2D eigenvalue weighted by molar-refractivity contribution is 7.07. The van der Waals surface area contributed by atoms with Crippen LogP contribution in [0.4, 0.5) is 8.78 Å². The number of benzene rings is 2. The van der Waals surface area contributed by atoms with Crippen molar-refractivity contribution in [3.05, 3.63) is 73.6 Å². The van der Waals surface area contributed by atoms with Gasteiger partial charge in [-0.2, -0.15) is 19.3 Å². The number of methoxy groups -OCH3 is 1. The van der Waals surface area contributed by atoms with Gasteiger partial charge in [-0.3, -0.25) is 9.36 Å². The molecule has 0 atom stereocenters. The lowest BCUT2D eigenvalue weighted by molar-refractivity contribution is -0.0498.